The van der Waals surface area contributed by atoms with Gasteiger partial charge in [-0.2, -0.15) is 0 Å². The van der Waals surface area contributed by atoms with E-state index in [0.717, 1.165) is 24.2 Å². The predicted octanol–water partition coefficient (Wildman–Crippen LogP) is -2.26. The summed E-state index contributed by atoms with van der Waals surface area (Å²) in [6.45, 7) is 1.10. The highest BCUT2D eigenvalue weighted by molar-refractivity contribution is 5.52. The van der Waals surface area contributed by atoms with Gasteiger partial charge in [0.05, 0.1) is 55.5 Å². The molecule has 0 bridgehead atoms. The lowest BCUT2D eigenvalue weighted by molar-refractivity contribution is -0.001000. The van der Waals surface area contributed by atoms with Gasteiger partial charge in [0.2, 0.25) is 0 Å². The zero-order valence-corrected chi connectivity index (χ0v) is 23.0. The molecule has 0 atom stereocenters. The summed E-state index contributed by atoms with van der Waals surface area (Å²) in [4.78, 5) is 0. The number of ether oxygens (including phenoxy) is 2. The summed E-state index contributed by atoms with van der Waals surface area (Å²) in [7, 11) is 12.3. The van der Waals surface area contributed by atoms with E-state index >= 15 is 0 Å². The van der Waals surface area contributed by atoms with Crippen LogP contribution in [0.1, 0.15) is 12.8 Å². The second-order valence-electron chi connectivity index (χ2n) is 8.80. The van der Waals surface area contributed by atoms with E-state index in [4.69, 9.17) is 9.47 Å². The molecular weight excluding hydrogens is 610 g/mol. The third kappa shape index (κ3) is 9.44. The molecule has 0 aliphatic carbocycles. The Balaban J connectivity index is 0.00000420. The first-order valence-corrected chi connectivity index (χ1v) is 9.53. The summed E-state index contributed by atoms with van der Waals surface area (Å²) in [6.07, 6.45) is 1.66. The molecule has 8 heteroatoms. The molecule has 0 heterocycles. The fraction of sp³-hybridized carbons (Fsp3) is 0.455. The number of hydrogen-bond acceptors (Lipinski definition) is 4. The normalized spacial score (nSPS) is 11.3. The molecule has 0 saturated heterocycles. The molecule has 0 fully saturated rings. The molecule has 2 rings (SSSR count). The first-order valence-electron chi connectivity index (χ1n) is 9.53. The number of rotatable bonds is 9. The van der Waals surface area contributed by atoms with E-state index in [1.54, 1.807) is 24.3 Å². The summed E-state index contributed by atoms with van der Waals surface area (Å²) in [5, 5.41) is 19.8. The van der Waals surface area contributed by atoms with Crippen molar-refractivity contribution in [1.82, 2.24) is 8.97 Å². The lowest BCUT2D eigenvalue weighted by atomic mass is 10.2. The molecule has 0 radical (unpaired) electrons. The highest BCUT2D eigenvalue weighted by Gasteiger charge is 2.16. The molecule has 6 nitrogen and oxygen atoms in total. The first-order chi connectivity index (χ1) is 12.9. The van der Waals surface area contributed by atoms with Crippen LogP contribution in [0.5, 0.6) is 23.0 Å². The van der Waals surface area contributed by atoms with Crippen molar-refractivity contribution in [3.8, 4) is 23.0 Å². The maximum absolute atomic E-state index is 9.89. The van der Waals surface area contributed by atoms with E-state index in [2.05, 4.69) is 0 Å². The van der Waals surface area contributed by atoms with E-state index in [1.165, 1.54) is 0 Å². The molecule has 0 saturated carbocycles. The molecule has 2 N–H and O–H groups in total. The lowest BCUT2D eigenvalue weighted by Gasteiger charge is -2.24. The highest BCUT2D eigenvalue weighted by atomic mass is 127. The Hall–Kier alpha value is -0.980. The lowest BCUT2D eigenvalue weighted by Crippen LogP contribution is -3.00. The minimum absolute atomic E-state index is 0. The number of phenols is 2. The van der Waals surface area contributed by atoms with Gasteiger partial charge in [-0.3, -0.25) is 8.97 Å². The number of nitrogens with zero attached hydrogens (tertiary/aromatic N) is 2. The maximum Gasteiger partial charge on any atom is 0.139 e. The van der Waals surface area contributed by atoms with Crippen molar-refractivity contribution < 1.29 is 67.6 Å². The van der Waals surface area contributed by atoms with Crippen LogP contribution in [-0.4, -0.2) is 65.7 Å². The third-order valence-electron chi connectivity index (χ3n) is 4.38. The number of aromatic hydroxyl groups is 2. The summed E-state index contributed by atoms with van der Waals surface area (Å²) < 4.78 is 12.8. The third-order valence-corrected chi connectivity index (χ3v) is 4.38. The van der Waals surface area contributed by atoms with Crippen molar-refractivity contribution in [3.63, 3.8) is 0 Å². The van der Waals surface area contributed by atoms with Crippen LogP contribution in [0.2, 0.25) is 0 Å². The minimum atomic E-state index is 0. The molecule has 2 aromatic rings. The van der Waals surface area contributed by atoms with Gasteiger partial charge in [-0.25, -0.2) is 0 Å². The van der Waals surface area contributed by atoms with Crippen LogP contribution in [0.15, 0.2) is 36.4 Å². The molecule has 30 heavy (non-hydrogen) atoms. The Bertz CT molecular complexity index is 735. The second kappa shape index (κ2) is 12.2. The second-order valence-corrected chi connectivity index (χ2v) is 8.80. The van der Waals surface area contributed by atoms with Crippen LogP contribution in [0, 0.1) is 0 Å². The van der Waals surface area contributed by atoms with Crippen molar-refractivity contribution in [3.05, 3.63) is 36.4 Å². The van der Waals surface area contributed by atoms with Crippen molar-refractivity contribution in [2.24, 2.45) is 0 Å². The molecule has 0 aliphatic rings. The minimum Gasteiger partial charge on any atom is -1.00 e. The maximum atomic E-state index is 9.89. The topological polar surface area (TPSA) is 58.9 Å². The number of phenolic OH excluding ortho intramolecular Hbond substituents is 2. The smallest absolute Gasteiger partial charge is 0.139 e. The summed E-state index contributed by atoms with van der Waals surface area (Å²) in [5.41, 5.74) is 1.96. The van der Waals surface area contributed by atoms with Gasteiger partial charge < -0.3 is 67.6 Å². The van der Waals surface area contributed by atoms with Gasteiger partial charge >= 0.3 is 0 Å². The molecule has 0 amide bonds. The highest BCUT2D eigenvalue weighted by Crippen LogP contribution is 2.30. The molecule has 0 spiro atoms. The number of unbranched alkanes of at least 4 members (excludes halogenated alkanes) is 1. The standard InChI is InChI=1S/C22H32N2O4.2HI/c1-23(2,3)17-11-19(25)15-21(13-17)27-9-7-8-10-28-22-14-18(24(4,5)6)12-20(26)16-22;;/h11-16H,7-10H2,1-6H3;2*1H. The number of benzene rings is 2. The van der Waals surface area contributed by atoms with Crippen molar-refractivity contribution in [1.29, 1.82) is 0 Å². The van der Waals surface area contributed by atoms with Crippen molar-refractivity contribution in [2.45, 2.75) is 12.8 Å². The largest absolute Gasteiger partial charge is 1.00 e. The number of halogens is 2. The van der Waals surface area contributed by atoms with Gasteiger partial charge in [-0.05, 0) is 12.8 Å². The van der Waals surface area contributed by atoms with E-state index in [0.29, 0.717) is 33.7 Å². The van der Waals surface area contributed by atoms with Crippen LogP contribution in [-0.2, 0) is 0 Å². The zero-order chi connectivity index (χ0) is 20.9. The molecule has 170 valence electrons. The van der Waals surface area contributed by atoms with Gasteiger partial charge in [-0.1, -0.05) is 0 Å². The molecule has 2 aromatic carbocycles. The SMILES string of the molecule is C[N+](C)(C)c1cc(O)cc(OCCCCOc2cc(O)cc([N+](C)(C)C)c2)c1.[I-].[I-]. The van der Waals surface area contributed by atoms with Crippen LogP contribution in [0.4, 0.5) is 11.4 Å². The van der Waals surface area contributed by atoms with Crippen LogP contribution >= 0.6 is 0 Å². The van der Waals surface area contributed by atoms with Gasteiger partial charge in [0.1, 0.15) is 34.4 Å². The predicted molar refractivity (Wildman–Crippen MR) is 116 cm³/mol. The summed E-state index contributed by atoms with van der Waals surface area (Å²) >= 11 is 0. The fourth-order valence-corrected chi connectivity index (χ4v) is 2.66. The van der Waals surface area contributed by atoms with Crippen molar-refractivity contribution >= 4 is 11.4 Å². The first kappa shape index (κ1) is 29.0. The van der Waals surface area contributed by atoms with Gasteiger partial charge in [0.25, 0.3) is 0 Å². The van der Waals surface area contributed by atoms with E-state index in [-0.39, 0.29) is 59.5 Å². The molecule has 0 aliphatic heterocycles. The van der Waals surface area contributed by atoms with E-state index in [1.807, 2.05) is 54.4 Å². The Kier molecular flexibility index (Phi) is 11.8. The van der Waals surface area contributed by atoms with Gasteiger partial charge in [-0.15, -0.1) is 0 Å². The summed E-state index contributed by atoms with van der Waals surface area (Å²) in [5.74, 6) is 1.76. The van der Waals surface area contributed by atoms with Gasteiger partial charge in [0.15, 0.2) is 0 Å². The Morgan fingerprint density at radius 2 is 0.933 bits per heavy atom. The van der Waals surface area contributed by atoms with Crippen LogP contribution in [0.25, 0.3) is 0 Å². The molecule has 0 unspecified atom stereocenters. The Labute approximate surface area is 214 Å². The number of quaternary nitrogens is 2. The zero-order valence-electron chi connectivity index (χ0n) is 18.7. The van der Waals surface area contributed by atoms with Crippen molar-refractivity contribution in [2.75, 3.05) is 55.5 Å². The van der Waals surface area contributed by atoms with E-state index < -0.39 is 0 Å². The van der Waals surface area contributed by atoms with E-state index in [9.17, 15) is 10.2 Å². The van der Waals surface area contributed by atoms with Crippen LogP contribution < -0.4 is 66.4 Å². The average molecular weight is 644 g/mol. The summed E-state index contributed by atoms with van der Waals surface area (Å²) in [6, 6.07) is 10.7. The fourth-order valence-electron chi connectivity index (χ4n) is 2.66. The monoisotopic (exact) mass is 644 g/mol. The number of hydrogen-bond donors (Lipinski definition) is 2. The molecular formula is C22H34I2N2O4. The van der Waals surface area contributed by atoms with Crippen LogP contribution in [0.3, 0.4) is 0 Å². The Morgan fingerprint density at radius 1 is 0.600 bits per heavy atom. The Morgan fingerprint density at radius 3 is 1.23 bits per heavy atom. The van der Waals surface area contributed by atoms with Gasteiger partial charge in [0, 0.05) is 36.4 Å². The average Bonchev–Trinajstić information content (AvgIpc) is 2.55. The quantitative estimate of drug-likeness (QED) is 0.184. The molecule has 0 aromatic heterocycles.